The Morgan fingerprint density at radius 1 is 0.865 bits per heavy atom. The van der Waals surface area contributed by atoms with Crippen LogP contribution in [-0.2, 0) is 33.3 Å². The number of amides is 1. The summed E-state index contributed by atoms with van der Waals surface area (Å²) in [5.41, 5.74) is 1.96. The molecular formula is C56H72N7O9PSi. The average molecular weight is 1050 g/mol. The van der Waals surface area contributed by atoms with Gasteiger partial charge in [0, 0.05) is 12.1 Å². The van der Waals surface area contributed by atoms with Crippen LogP contribution in [0.4, 0.5) is 5.95 Å². The SMILES string of the molecule is COc1ccc(C(O[C@@H]2C(COP(OCCC#N)N(C(C)C)C(C)C)O[C@@H](n3cnc4c(=O)[nH]c(NC(=O)COc5ccc(C(C)C)cc5)nc43)[C@@H]2O[Si](C)(C)C(C)(C)C)(c2ccccc2)c2ccccc2)cc1. The van der Waals surface area contributed by atoms with Crippen LogP contribution in [0, 0.1) is 11.3 Å². The molecule has 2 unspecified atom stereocenters. The molecule has 1 amide bonds. The van der Waals surface area contributed by atoms with Crippen molar-refractivity contribution in [3.8, 4) is 17.6 Å². The Bertz CT molecular complexity index is 2820. The first-order chi connectivity index (χ1) is 35.3. The lowest BCUT2D eigenvalue weighted by atomic mass is 9.79. The van der Waals surface area contributed by atoms with Gasteiger partial charge in [-0.1, -0.05) is 120 Å². The molecule has 1 fully saturated rings. The number of fused-ring (bicyclic) bond motifs is 1. The molecule has 0 aliphatic carbocycles. The number of aromatic nitrogens is 4. The number of rotatable bonds is 23. The van der Waals surface area contributed by atoms with E-state index in [0.29, 0.717) is 17.4 Å². The number of H-pyrrole nitrogens is 1. The van der Waals surface area contributed by atoms with Crippen LogP contribution in [-0.4, -0.2) is 95.7 Å². The number of nitriles is 1. The largest absolute Gasteiger partial charge is 0.497 e. The zero-order valence-electron chi connectivity index (χ0n) is 44.7. The third kappa shape index (κ3) is 12.6. The molecule has 0 spiro atoms. The van der Waals surface area contributed by atoms with E-state index in [1.807, 2.05) is 109 Å². The number of nitrogens with one attached hydrogen (secondary N) is 2. The van der Waals surface area contributed by atoms with E-state index in [1.165, 1.54) is 6.33 Å². The number of imidazole rings is 1. The molecule has 16 nitrogen and oxygen atoms in total. The van der Waals surface area contributed by atoms with Crippen LogP contribution in [0.25, 0.3) is 11.2 Å². The molecule has 0 saturated carbocycles. The van der Waals surface area contributed by atoms with Crippen molar-refractivity contribution in [3.05, 3.63) is 148 Å². The van der Waals surface area contributed by atoms with Crippen LogP contribution in [0.1, 0.15) is 103 Å². The van der Waals surface area contributed by atoms with Crippen molar-refractivity contribution in [1.29, 1.82) is 5.26 Å². The van der Waals surface area contributed by atoms with E-state index in [4.69, 9.17) is 37.4 Å². The lowest BCUT2D eigenvalue weighted by molar-refractivity contribution is -0.118. The Labute approximate surface area is 437 Å². The van der Waals surface area contributed by atoms with E-state index in [-0.39, 0.29) is 60.5 Å². The molecule has 1 aliphatic rings. The third-order valence-electron chi connectivity index (χ3n) is 13.6. The number of hydrogen-bond acceptors (Lipinski definition) is 13. The Kier molecular flexibility index (Phi) is 18.3. The minimum Gasteiger partial charge on any atom is -0.497 e. The highest BCUT2D eigenvalue weighted by atomic mass is 31.2. The van der Waals surface area contributed by atoms with E-state index in [9.17, 15) is 14.9 Å². The second-order valence-corrected chi connectivity index (χ2v) is 27.0. The summed E-state index contributed by atoms with van der Waals surface area (Å²) in [6.45, 7) is 23.2. The molecule has 5 atom stereocenters. The van der Waals surface area contributed by atoms with Crippen molar-refractivity contribution in [2.45, 2.75) is 135 Å². The molecule has 4 aromatic carbocycles. The summed E-state index contributed by atoms with van der Waals surface area (Å²) in [5.74, 6) is 0.913. The van der Waals surface area contributed by atoms with Crippen molar-refractivity contribution in [3.63, 3.8) is 0 Å². The van der Waals surface area contributed by atoms with Crippen LogP contribution in [0.3, 0.4) is 0 Å². The van der Waals surface area contributed by atoms with Crippen molar-refractivity contribution in [1.82, 2.24) is 24.2 Å². The lowest BCUT2D eigenvalue weighted by Crippen LogP contribution is -2.52. The first-order valence-corrected chi connectivity index (χ1v) is 29.3. The first-order valence-electron chi connectivity index (χ1n) is 25.2. The van der Waals surface area contributed by atoms with E-state index >= 15 is 0 Å². The number of benzene rings is 4. The zero-order chi connectivity index (χ0) is 53.4. The highest BCUT2D eigenvalue weighted by molar-refractivity contribution is 7.44. The summed E-state index contributed by atoms with van der Waals surface area (Å²) >= 11 is 0. The minimum absolute atomic E-state index is 0.0245. The first kappa shape index (κ1) is 55.9. The minimum atomic E-state index is -2.76. The van der Waals surface area contributed by atoms with Gasteiger partial charge in [0.05, 0.1) is 39.1 Å². The highest BCUT2D eigenvalue weighted by Gasteiger charge is 2.56. The number of carbonyl (C=O) groups is 1. The lowest BCUT2D eigenvalue weighted by Gasteiger charge is -2.44. The molecule has 18 heteroatoms. The zero-order valence-corrected chi connectivity index (χ0v) is 46.6. The molecule has 2 aromatic heterocycles. The maximum absolute atomic E-state index is 13.9. The van der Waals surface area contributed by atoms with Crippen molar-refractivity contribution in [2.24, 2.45) is 0 Å². The summed E-state index contributed by atoms with van der Waals surface area (Å²) in [6, 6.07) is 37.8. The Hall–Kier alpha value is -5.80. The van der Waals surface area contributed by atoms with Crippen molar-refractivity contribution in [2.75, 3.05) is 32.2 Å². The predicted octanol–water partition coefficient (Wildman–Crippen LogP) is 11.2. The van der Waals surface area contributed by atoms with Gasteiger partial charge in [-0.3, -0.25) is 24.5 Å². The molecule has 3 heterocycles. The number of ether oxygens (including phenoxy) is 4. The van der Waals surface area contributed by atoms with Crippen molar-refractivity contribution < 1.29 is 37.2 Å². The molecule has 7 rings (SSSR count). The molecule has 394 valence electrons. The van der Waals surface area contributed by atoms with Crippen LogP contribution >= 0.6 is 8.53 Å². The monoisotopic (exact) mass is 1050 g/mol. The molecular weight excluding hydrogens is 974 g/mol. The highest BCUT2D eigenvalue weighted by Crippen LogP contribution is 2.51. The molecule has 1 saturated heterocycles. The van der Waals surface area contributed by atoms with E-state index in [0.717, 1.165) is 22.3 Å². The van der Waals surface area contributed by atoms with Crippen LogP contribution < -0.4 is 20.3 Å². The number of aromatic amines is 1. The van der Waals surface area contributed by atoms with Gasteiger partial charge >= 0.3 is 0 Å². The van der Waals surface area contributed by atoms with Crippen LogP contribution in [0.2, 0.25) is 18.1 Å². The summed E-state index contributed by atoms with van der Waals surface area (Å²) in [6.07, 6.45) is -1.99. The van der Waals surface area contributed by atoms with Crippen molar-refractivity contribution >= 4 is 39.9 Å². The standard InChI is InChI=1S/C56H72N7O9PSi/c1-37(2)40-24-28-45(29-25-40)67-35-47(64)59-54-60-51-48(52(65)61-54)58-36-62(51)53-50(72-74(11,12)55(7,8)9)49(46(70-53)34-69-73(68-33-19-32-57)63(38(3)4)39(5)6)71-56(41-20-15-13-16-21-41,42-22-17-14-18-23-42)43-26-30-44(66-10)31-27-43/h13-18,20-31,36-39,46,49-50,53H,19,33-35H2,1-12H3,(H2,59,60,61,64,65)/t46?,49-,50-,53-,73?/m1/s1. The van der Waals surface area contributed by atoms with Gasteiger partial charge in [0.15, 0.2) is 32.3 Å². The van der Waals surface area contributed by atoms with Gasteiger partial charge in [0.2, 0.25) is 5.95 Å². The van der Waals surface area contributed by atoms with Gasteiger partial charge in [-0.15, -0.1) is 0 Å². The summed E-state index contributed by atoms with van der Waals surface area (Å²) < 4.78 is 51.6. The summed E-state index contributed by atoms with van der Waals surface area (Å²) in [5, 5.41) is 12.0. The second kappa shape index (κ2) is 24.2. The molecule has 74 heavy (non-hydrogen) atoms. The second-order valence-electron chi connectivity index (χ2n) is 20.8. The van der Waals surface area contributed by atoms with Gasteiger partial charge in [0.1, 0.15) is 35.4 Å². The fourth-order valence-electron chi connectivity index (χ4n) is 8.82. The van der Waals surface area contributed by atoms with E-state index < -0.39 is 58.5 Å². The van der Waals surface area contributed by atoms with Crippen LogP contribution in [0.5, 0.6) is 11.5 Å². The molecule has 6 aromatic rings. The topological polar surface area (TPSA) is 184 Å². The predicted molar refractivity (Wildman–Crippen MR) is 291 cm³/mol. The smallest absolute Gasteiger partial charge is 0.280 e. The Balaban J connectivity index is 1.38. The number of nitrogens with zero attached hydrogens (tertiary/aromatic N) is 5. The number of methoxy groups -OCH3 is 1. The maximum Gasteiger partial charge on any atom is 0.280 e. The number of carbonyl (C=O) groups excluding carboxylic acids is 1. The van der Waals surface area contributed by atoms with E-state index in [2.05, 4.69) is 101 Å². The maximum atomic E-state index is 13.9. The van der Waals surface area contributed by atoms with Gasteiger partial charge in [0.25, 0.3) is 20.0 Å². The fraction of sp³-hybridized carbons (Fsp3) is 0.446. The van der Waals surface area contributed by atoms with Crippen LogP contribution in [0.15, 0.2) is 120 Å². The Morgan fingerprint density at radius 3 is 2.01 bits per heavy atom. The van der Waals surface area contributed by atoms with E-state index in [1.54, 1.807) is 11.7 Å². The Morgan fingerprint density at radius 2 is 1.46 bits per heavy atom. The number of anilines is 1. The average Bonchev–Trinajstić information content (AvgIpc) is 3.94. The molecule has 0 bridgehead atoms. The number of hydrogen-bond donors (Lipinski definition) is 2. The quantitative estimate of drug-likeness (QED) is 0.0268. The fourth-order valence-corrected chi connectivity index (χ4v) is 11.7. The van der Waals surface area contributed by atoms with Gasteiger partial charge < -0.3 is 32.4 Å². The molecule has 0 radical (unpaired) electrons. The third-order valence-corrected chi connectivity index (χ3v) is 20.1. The summed E-state index contributed by atoms with van der Waals surface area (Å²) in [4.78, 5) is 39.4. The summed E-state index contributed by atoms with van der Waals surface area (Å²) in [7, 11) is -2.86. The van der Waals surface area contributed by atoms with Gasteiger partial charge in [-0.25, -0.2) is 9.65 Å². The normalized spacial score (nSPS) is 17.8. The molecule has 1 aliphatic heterocycles. The molecule has 2 N–H and O–H groups in total. The van der Waals surface area contributed by atoms with Gasteiger partial charge in [-0.05, 0) is 98.3 Å². The van der Waals surface area contributed by atoms with Gasteiger partial charge in [-0.2, -0.15) is 10.2 Å².